The molecule has 164 valence electrons. The molecular formula is C27H21NO5. The number of ether oxygens (including phenoxy) is 1. The van der Waals surface area contributed by atoms with E-state index >= 15 is 0 Å². The maximum absolute atomic E-state index is 13.1. The van der Waals surface area contributed by atoms with Gasteiger partial charge in [0.2, 0.25) is 0 Å². The van der Waals surface area contributed by atoms with Crippen molar-refractivity contribution in [3.63, 3.8) is 0 Å². The molecule has 2 aliphatic rings. The fraction of sp³-hybridized carbons (Fsp3) is 0.185. The van der Waals surface area contributed by atoms with Crippen LogP contribution >= 0.6 is 0 Å². The normalized spacial score (nSPS) is 19.9. The van der Waals surface area contributed by atoms with Gasteiger partial charge in [0.1, 0.15) is 11.7 Å². The number of allylic oxidation sites excluding steroid dienone is 2. The van der Waals surface area contributed by atoms with Gasteiger partial charge in [-0.2, -0.15) is 0 Å². The summed E-state index contributed by atoms with van der Waals surface area (Å²) in [5, 5.41) is 10.9. The molecule has 2 unspecified atom stereocenters. The number of carbonyl (C=O) groups is 2. The number of ketones is 1. The Labute approximate surface area is 190 Å². The minimum absolute atomic E-state index is 0.0622. The molecule has 0 saturated carbocycles. The van der Waals surface area contributed by atoms with E-state index in [9.17, 15) is 19.7 Å². The number of esters is 1. The lowest BCUT2D eigenvalue weighted by Crippen LogP contribution is -2.38. The Hall–Kier alpha value is -4.06. The highest BCUT2D eigenvalue weighted by molar-refractivity contribution is 6.13. The van der Waals surface area contributed by atoms with Gasteiger partial charge < -0.3 is 4.74 Å². The fourth-order valence-electron chi connectivity index (χ4n) is 4.68. The van der Waals surface area contributed by atoms with E-state index in [1.54, 1.807) is 36.4 Å². The van der Waals surface area contributed by atoms with Crippen LogP contribution in [0.4, 0.5) is 5.69 Å². The van der Waals surface area contributed by atoms with Crippen LogP contribution in [0.15, 0.2) is 78.9 Å². The van der Waals surface area contributed by atoms with Crippen molar-refractivity contribution in [2.45, 2.75) is 19.3 Å². The third-order valence-electron chi connectivity index (χ3n) is 6.39. The van der Waals surface area contributed by atoms with Gasteiger partial charge >= 0.3 is 5.97 Å². The Balaban J connectivity index is 1.39. The van der Waals surface area contributed by atoms with Crippen LogP contribution in [0.3, 0.4) is 0 Å². The molecule has 3 aromatic rings. The lowest BCUT2D eigenvalue weighted by molar-refractivity contribution is -0.384. The molecular weight excluding hydrogens is 418 g/mol. The number of carbonyl (C=O) groups excluding carboxylic acids is 2. The van der Waals surface area contributed by atoms with E-state index in [2.05, 4.69) is 6.08 Å². The van der Waals surface area contributed by atoms with Gasteiger partial charge in [0.05, 0.1) is 10.5 Å². The summed E-state index contributed by atoms with van der Waals surface area (Å²) in [4.78, 5) is 36.2. The second-order valence-corrected chi connectivity index (χ2v) is 8.39. The van der Waals surface area contributed by atoms with Crippen molar-refractivity contribution in [3.8, 4) is 16.9 Å². The van der Waals surface area contributed by atoms with E-state index in [-0.39, 0.29) is 17.4 Å². The van der Waals surface area contributed by atoms with E-state index in [1.165, 1.54) is 12.1 Å². The van der Waals surface area contributed by atoms with Crippen LogP contribution in [0.2, 0.25) is 0 Å². The highest BCUT2D eigenvalue weighted by Crippen LogP contribution is 2.39. The average Bonchev–Trinajstić information content (AvgIpc) is 2.84. The zero-order valence-electron chi connectivity index (χ0n) is 17.8. The number of rotatable bonds is 4. The number of hydrogen-bond donors (Lipinski definition) is 0. The van der Waals surface area contributed by atoms with Gasteiger partial charge in [-0.15, -0.1) is 0 Å². The first-order chi connectivity index (χ1) is 16.0. The third-order valence-corrected chi connectivity index (χ3v) is 6.39. The van der Waals surface area contributed by atoms with Crippen molar-refractivity contribution in [1.29, 1.82) is 0 Å². The Morgan fingerprint density at radius 3 is 2.18 bits per heavy atom. The molecule has 0 aromatic heterocycles. The highest BCUT2D eigenvalue weighted by Gasteiger charge is 2.41. The van der Waals surface area contributed by atoms with E-state index in [0.717, 1.165) is 41.5 Å². The quantitative estimate of drug-likeness (QED) is 0.167. The molecule has 1 aliphatic carbocycles. The number of nitro groups is 1. The van der Waals surface area contributed by atoms with Crippen LogP contribution in [0.25, 0.3) is 16.7 Å². The van der Waals surface area contributed by atoms with E-state index in [4.69, 9.17) is 4.74 Å². The van der Waals surface area contributed by atoms with Gasteiger partial charge in [0.15, 0.2) is 5.78 Å². The molecule has 0 radical (unpaired) electrons. The van der Waals surface area contributed by atoms with Crippen LogP contribution in [-0.2, 0) is 4.79 Å². The zero-order chi connectivity index (χ0) is 22.9. The molecule has 3 aromatic carbocycles. The summed E-state index contributed by atoms with van der Waals surface area (Å²) in [6, 6.07) is 21.4. The van der Waals surface area contributed by atoms with Crippen LogP contribution in [0.1, 0.15) is 35.2 Å². The zero-order valence-corrected chi connectivity index (χ0v) is 17.8. The Bertz CT molecular complexity index is 1270. The number of benzene rings is 3. The van der Waals surface area contributed by atoms with Crippen molar-refractivity contribution in [2.24, 2.45) is 11.8 Å². The summed E-state index contributed by atoms with van der Waals surface area (Å²) < 4.78 is 5.47. The fourth-order valence-corrected chi connectivity index (χ4v) is 4.68. The molecule has 6 heteroatoms. The Kier molecular flexibility index (Phi) is 5.34. The minimum atomic E-state index is -0.811. The second kappa shape index (κ2) is 8.47. The van der Waals surface area contributed by atoms with Crippen molar-refractivity contribution < 1.29 is 19.2 Å². The van der Waals surface area contributed by atoms with Crippen LogP contribution in [0, 0.1) is 22.0 Å². The first-order valence-electron chi connectivity index (χ1n) is 10.9. The smallest absolute Gasteiger partial charge is 0.322 e. The van der Waals surface area contributed by atoms with Gasteiger partial charge in [-0.05, 0) is 71.7 Å². The largest absolute Gasteiger partial charge is 0.425 e. The molecule has 0 N–H and O–H groups in total. The number of hydrogen-bond acceptors (Lipinski definition) is 5. The van der Waals surface area contributed by atoms with Gasteiger partial charge in [0.25, 0.3) is 5.69 Å². The van der Waals surface area contributed by atoms with Crippen molar-refractivity contribution >= 4 is 23.0 Å². The number of nitro benzene ring substituents is 1. The molecule has 0 fully saturated rings. The lowest BCUT2D eigenvalue weighted by Gasteiger charge is -2.30. The molecule has 5 rings (SSSR count). The van der Waals surface area contributed by atoms with Crippen molar-refractivity contribution in [2.75, 3.05) is 0 Å². The number of non-ortho nitro benzene ring substituents is 1. The van der Waals surface area contributed by atoms with Crippen LogP contribution in [-0.4, -0.2) is 16.7 Å². The SMILES string of the molecule is O=C1Oc2ccccc2C(=O)C1C1C=C(c2ccc(-c3ccc([N+](=O)[O-])cc3)cc2)CCC1. The molecule has 0 amide bonds. The van der Waals surface area contributed by atoms with E-state index in [1.807, 2.05) is 24.3 Å². The molecule has 1 heterocycles. The molecule has 1 aliphatic heterocycles. The summed E-state index contributed by atoms with van der Waals surface area (Å²) in [5.41, 5.74) is 4.55. The lowest BCUT2D eigenvalue weighted by atomic mass is 9.76. The Morgan fingerprint density at radius 2 is 1.48 bits per heavy atom. The minimum Gasteiger partial charge on any atom is -0.425 e. The summed E-state index contributed by atoms with van der Waals surface area (Å²) in [5.74, 6) is -1.32. The van der Waals surface area contributed by atoms with Gasteiger partial charge in [-0.3, -0.25) is 19.7 Å². The first kappa shape index (κ1) is 20.8. The summed E-state index contributed by atoms with van der Waals surface area (Å²) in [6.07, 6.45) is 4.58. The Morgan fingerprint density at radius 1 is 0.848 bits per heavy atom. The van der Waals surface area contributed by atoms with Crippen molar-refractivity contribution in [3.05, 3.63) is 100 Å². The van der Waals surface area contributed by atoms with Gasteiger partial charge in [0, 0.05) is 12.1 Å². The van der Waals surface area contributed by atoms with Gasteiger partial charge in [-0.25, -0.2) is 0 Å². The maximum Gasteiger partial charge on any atom is 0.322 e. The summed E-state index contributed by atoms with van der Waals surface area (Å²) in [7, 11) is 0. The topological polar surface area (TPSA) is 86.5 Å². The molecule has 33 heavy (non-hydrogen) atoms. The summed E-state index contributed by atoms with van der Waals surface area (Å²) in [6.45, 7) is 0. The average molecular weight is 439 g/mol. The predicted octanol–water partition coefficient (Wildman–Crippen LogP) is 5.86. The second-order valence-electron chi connectivity index (χ2n) is 8.39. The number of nitrogens with zero attached hydrogens (tertiary/aromatic N) is 1. The molecule has 0 bridgehead atoms. The summed E-state index contributed by atoms with van der Waals surface area (Å²) >= 11 is 0. The predicted molar refractivity (Wildman–Crippen MR) is 124 cm³/mol. The molecule has 6 nitrogen and oxygen atoms in total. The molecule has 2 atom stereocenters. The standard InChI is InChI=1S/C27H21NO5/c29-26-23-6-1-2-7-24(23)33-27(30)25(26)21-5-3-4-20(16-21)19-10-8-17(9-11-19)18-12-14-22(15-13-18)28(31)32/h1-2,6-16,21,25H,3-5H2. The van der Waals surface area contributed by atoms with Crippen LogP contribution in [0.5, 0.6) is 5.75 Å². The van der Waals surface area contributed by atoms with E-state index < -0.39 is 16.8 Å². The monoisotopic (exact) mass is 439 g/mol. The molecule has 0 saturated heterocycles. The maximum atomic E-state index is 13.1. The number of Topliss-reactive ketones (excluding diaryl/α,β-unsaturated/α-hetero) is 1. The number of fused-ring (bicyclic) bond motifs is 1. The van der Waals surface area contributed by atoms with E-state index in [0.29, 0.717) is 11.3 Å². The van der Waals surface area contributed by atoms with Crippen molar-refractivity contribution in [1.82, 2.24) is 0 Å². The van der Waals surface area contributed by atoms with Gasteiger partial charge in [-0.1, -0.05) is 42.5 Å². The highest BCUT2D eigenvalue weighted by atomic mass is 16.6. The van der Waals surface area contributed by atoms with Crippen LogP contribution < -0.4 is 4.74 Å². The first-order valence-corrected chi connectivity index (χ1v) is 10.9. The molecule has 0 spiro atoms. The third kappa shape index (κ3) is 3.96. The number of para-hydroxylation sites is 1.